The van der Waals surface area contributed by atoms with E-state index in [2.05, 4.69) is 19.2 Å². The van der Waals surface area contributed by atoms with Crippen LogP contribution < -0.4 is 5.32 Å². The number of piperazine rings is 1. The van der Waals surface area contributed by atoms with E-state index in [1.165, 1.54) is 0 Å². The van der Waals surface area contributed by atoms with Crippen LogP contribution in [0.15, 0.2) is 18.2 Å². The maximum absolute atomic E-state index is 12.7. The molecular weight excluding hydrogens is 307 g/mol. The van der Waals surface area contributed by atoms with Crippen LogP contribution in [0.5, 0.6) is 0 Å². The van der Waals surface area contributed by atoms with E-state index in [0.29, 0.717) is 16.1 Å². The number of rotatable bonds is 2. The predicted octanol–water partition coefficient (Wildman–Crippen LogP) is 3.31. The molecule has 21 heavy (non-hydrogen) atoms. The van der Waals surface area contributed by atoms with Gasteiger partial charge in [0.15, 0.2) is 0 Å². The molecule has 3 rings (SSSR count). The summed E-state index contributed by atoms with van der Waals surface area (Å²) in [5.41, 5.74) is 1.08. The van der Waals surface area contributed by atoms with Crippen molar-refractivity contribution in [1.82, 2.24) is 10.2 Å². The molecule has 2 aliphatic rings. The van der Waals surface area contributed by atoms with E-state index in [9.17, 15) is 4.79 Å². The van der Waals surface area contributed by atoms with Crippen LogP contribution in [0.3, 0.4) is 0 Å². The summed E-state index contributed by atoms with van der Waals surface area (Å²) in [4.78, 5) is 14.7. The number of amides is 1. The molecule has 1 N–H and O–H groups in total. The van der Waals surface area contributed by atoms with Crippen LogP contribution >= 0.6 is 23.2 Å². The van der Waals surface area contributed by atoms with Crippen molar-refractivity contribution in [1.29, 1.82) is 0 Å². The Bertz CT molecular complexity index is 543. The van der Waals surface area contributed by atoms with Gasteiger partial charge in [-0.1, -0.05) is 23.2 Å². The molecule has 1 saturated carbocycles. The van der Waals surface area contributed by atoms with Gasteiger partial charge in [-0.2, -0.15) is 0 Å². The molecule has 1 aromatic carbocycles. The van der Waals surface area contributed by atoms with Gasteiger partial charge in [0.1, 0.15) is 0 Å². The van der Waals surface area contributed by atoms with E-state index >= 15 is 0 Å². The molecule has 2 fully saturated rings. The summed E-state index contributed by atoms with van der Waals surface area (Å²) >= 11 is 12.1. The maximum atomic E-state index is 12.7. The Labute approximate surface area is 135 Å². The summed E-state index contributed by atoms with van der Waals surface area (Å²) < 4.78 is 0. The Balaban J connectivity index is 1.71. The minimum absolute atomic E-state index is 0.0901. The standard InChI is InChI=1S/C16H20Cl2N2O/c1-9-10(2)20(4-3-19-9)16(21)15-8-14(15)11-5-12(17)7-13(18)6-11/h5-7,9-10,14-15,19H,3-4,8H2,1-2H3. The molecule has 3 nitrogen and oxygen atoms in total. The van der Waals surface area contributed by atoms with E-state index in [1.807, 2.05) is 17.0 Å². The summed E-state index contributed by atoms with van der Waals surface area (Å²) in [5, 5.41) is 4.68. The zero-order valence-corrected chi connectivity index (χ0v) is 13.8. The molecule has 1 aliphatic carbocycles. The third-order valence-corrected chi connectivity index (χ3v) is 5.17. The van der Waals surface area contributed by atoms with Crippen molar-refractivity contribution in [3.05, 3.63) is 33.8 Å². The molecule has 4 atom stereocenters. The molecule has 1 aliphatic heterocycles. The second-order valence-corrected chi connectivity index (χ2v) is 7.04. The predicted molar refractivity (Wildman–Crippen MR) is 85.9 cm³/mol. The van der Waals surface area contributed by atoms with Gasteiger partial charge in [0.2, 0.25) is 5.91 Å². The number of halogens is 2. The Hall–Kier alpha value is -0.770. The van der Waals surface area contributed by atoms with Crippen molar-refractivity contribution in [2.75, 3.05) is 13.1 Å². The molecule has 1 aromatic rings. The average molecular weight is 327 g/mol. The van der Waals surface area contributed by atoms with Crippen LogP contribution in [0.4, 0.5) is 0 Å². The fourth-order valence-corrected chi connectivity index (χ4v) is 3.75. The number of hydrogen-bond acceptors (Lipinski definition) is 2. The van der Waals surface area contributed by atoms with Gasteiger partial charge in [-0.3, -0.25) is 4.79 Å². The Kier molecular flexibility index (Phi) is 4.17. The lowest BCUT2D eigenvalue weighted by Crippen LogP contribution is -2.57. The molecular formula is C16H20Cl2N2O. The van der Waals surface area contributed by atoms with Crippen molar-refractivity contribution in [3.63, 3.8) is 0 Å². The molecule has 0 bridgehead atoms. The van der Waals surface area contributed by atoms with Crippen LogP contribution in [0, 0.1) is 5.92 Å². The molecule has 1 heterocycles. The van der Waals surface area contributed by atoms with Crippen LogP contribution in [-0.4, -0.2) is 36.0 Å². The molecule has 0 aromatic heterocycles. The van der Waals surface area contributed by atoms with Gasteiger partial charge in [-0.25, -0.2) is 0 Å². The van der Waals surface area contributed by atoms with Gasteiger partial charge in [-0.15, -0.1) is 0 Å². The van der Waals surface area contributed by atoms with Gasteiger partial charge >= 0.3 is 0 Å². The first-order valence-electron chi connectivity index (χ1n) is 7.47. The van der Waals surface area contributed by atoms with Gasteiger partial charge in [0, 0.05) is 41.1 Å². The minimum atomic E-state index is 0.0901. The molecule has 4 unspecified atom stereocenters. The number of carbonyl (C=O) groups is 1. The highest BCUT2D eigenvalue weighted by Gasteiger charge is 2.47. The highest BCUT2D eigenvalue weighted by Crippen LogP contribution is 2.49. The monoisotopic (exact) mass is 326 g/mol. The average Bonchev–Trinajstić information content (AvgIpc) is 3.20. The van der Waals surface area contributed by atoms with Crippen molar-refractivity contribution < 1.29 is 4.79 Å². The van der Waals surface area contributed by atoms with E-state index in [0.717, 1.165) is 25.1 Å². The molecule has 1 saturated heterocycles. The van der Waals surface area contributed by atoms with Crippen molar-refractivity contribution >= 4 is 29.1 Å². The second-order valence-electron chi connectivity index (χ2n) is 6.17. The van der Waals surface area contributed by atoms with E-state index in [1.54, 1.807) is 6.07 Å². The first-order chi connectivity index (χ1) is 9.97. The number of nitrogens with zero attached hydrogens (tertiary/aromatic N) is 1. The van der Waals surface area contributed by atoms with E-state index in [4.69, 9.17) is 23.2 Å². The number of benzene rings is 1. The first kappa shape index (κ1) is 15.1. The van der Waals surface area contributed by atoms with Crippen LogP contribution in [0.2, 0.25) is 10.0 Å². The Morgan fingerprint density at radius 2 is 1.90 bits per heavy atom. The molecule has 5 heteroatoms. The summed E-state index contributed by atoms with van der Waals surface area (Å²) in [5.74, 6) is 0.635. The number of nitrogens with one attached hydrogen (secondary N) is 1. The van der Waals surface area contributed by atoms with Crippen LogP contribution in [-0.2, 0) is 4.79 Å². The molecule has 114 valence electrons. The number of carbonyl (C=O) groups excluding carboxylic acids is 1. The SMILES string of the molecule is CC1NCCN(C(=O)C2CC2c2cc(Cl)cc(Cl)c2)C1C. The zero-order chi connectivity index (χ0) is 15.1. The summed E-state index contributed by atoms with van der Waals surface area (Å²) in [6.45, 7) is 5.91. The normalized spacial score (nSPS) is 32.1. The van der Waals surface area contributed by atoms with Crippen LogP contribution in [0.1, 0.15) is 31.7 Å². The maximum Gasteiger partial charge on any atom is 0.226 e. The van der Waals surface area contributed by atoms with E-state index in [-0.39, 0.29) is 23.8 Å². The van der Waals surface area contributed by atoms with Crippen molar-refractivity contribution in [2.24, 2.45) is 5.92 Å². The Morgan fingerprint density at radius 3 is 2.57 bits per heavy atom. The number of hydrogen-bond donors (Lipinski definition) is 1. The van der Waals surface area contributed by atoms with Crippen molar-refractivity contribution in [2.45, 2.75) is 38.3 Å². The van der Waals surface area contributed by atoms with Gasteiger partial charge in [0.05, 0.1) is 0 Å². The van der Waals surface area contributed by atoms with Crippen LogP contribution in [0.25, 0.3) is 0 Å². The van der Waals surface area contributed by atoms with Gasteiger partial charge < -0.3 is 10.2 Å². The smallest absolute Gasteiger partial charge is 0.226 e. The summed E-state index contributed by atoms with van der Waals surface area (Å²) in [6.07, 6.45) is 0.903. The lowest BCUT2D eigenvalue weighted by Gasteiger charge is -2.38. The quantitative estimate of drug-likeness (QED) is 0.904. The summed E-state index contributed by atoms with van der Waals surface area (Å²) in [6, 6.07) is 6.17. The minimum Gasteiger partial charge on any atom is -0.337 e. The lowest BCUT2D eigenvalue weighted by atomic mass is 10.0. The van der Waals surface area contributed by atoms with Gasteiger partial charge in [-0.05, 0) is 49.9 Å². The van der Waals surface area contributed by atoms with E-state index < -0.39 is 0 Å². The fraction of sp³-hybridized carbons (Fsp3) is 0.562. The fourth-order valence-electron chi connectivity index (χ4n) is 3.21. The zero-order valence-electron chi connectivity index (χ0n) is 12.3. The molecule has 0 radical (unpaired) electrons. The molecule has 0 spiro atoms. The first-order valence-corrected chi connectivity index (χ1v) is 8.23. The third kappa shape index (κ3) is 3.05. The largest absolute Gasteiger partial charge is 0.337 e. The highest BCUT2D eigenvalue weighted by atomic mass is 35.5. The van der Waals surface area contributed by atoms with Gasteiger partial charge in [0.25, 0.3) is 0 Å². The summed E-state index contributed by atoms with van der Waals surface area (Å²) in [7, 11) is 0. The topological polar surface area (TPSA) is 32.3 Å². The lowest BCUT2D eigenvalue weighted by molar-refractivity contribution is -0.136. The highest BCUT2D eigenvalue weighted by molar-refractivity contribution is 6.34. The Morgan fingerprint density at radius 1 is 1.24 bits per heavy atom. The third-order valence-electron chi connectivity index (χ3n) is 4.74. The molecule has 1 amide bonds. The second kappa shape index (κ2) is 5.79. The van der Waals surface area contributed by atoms with Crippen molar-refractivity contribution in [3.8, 4) is 0 Å².